The molecular formula is C19H32N3O5+. The van der Waals surface area contributed by atoms with Crippen molar-refractivity contribution >= 4 is 17.9 Å². The van der Waals surface area contributed by atoms with Crippen LogP contribution in [-0.2, 0) is 14.3 Å². The summed E-state index contributed by atoms with van der Waals surface area (Å²) >= 11 is 0. The van der Waals surface area contributed by atoms with Crippen LogP contribution in [0.4, 0.5) is 4.79 Å². The van der Waals surface area contributed by atoms with Crippen LogP contribution in [0.3, 0.4) is 0 Å². The van der Waals surface area contributed by atoms with Gasteiger partial charge in [-0.3, -0.25) is 9.59 Å². The average Bonchev–Trinajstić information content (AvgIpc) is 2.87. The molecular weight excluding hydrogens is 350 g/mol. The third-order valence-corrected chi connectivity index (χ3v) is 6.34. The minimum absolute atomic E-state index is 0.104. The van der Waals surface area contributed by atoms with E-state index in [1.54, 1.807) is 0 Å². The van der Waals surface area contributed by atoms with E-state index in [4.69, 9.17) is 15.6 Å². The highest BCUT2D eigenvalue weighted by Gasteiger charge is 2.57. The lowest BCUT2D eigenvalue weighted by Gasteiger charge is -2.34. The molecule has 27 heavy (non-hydrogen) atoms. The van der Waals surface area contributed by atoms with Crippen molar-refractivity contribution < 1.29 is 24.2 Å². The Bertz CT molecular complexity index is 646. The van der Waals surface area contributed by atoms with E-state index >= 15 is 0 Å². The second-order valence-corrected chi connectivity index (χ2v) is 9.81. The number of carbonyl (C=O) groups is 3. The van der Waals surface area contributed by atoms with Crippen molar-refractivity contribution in [2.75, 3.05) is 6.54 Å². The molecule has 6 atom stereocenters. The van der Waals surface area contributed by atoms with Crippen molar-refractivity contribution in [2.24, 2.45) is 22.5 Å². The number of hydrogen-bond acceptors (Lipinski definition) is 4. The van der Waals surface area contributed by atoms with Crippen molar-refractivity contribution in [1.82, 2.24) is 10.2 Å². The summed E-state index contributed by atoms with van der Waals surface area (Å²) in [6.45, 7) is 7.88. The smallest absolute Gasteiger partial charge is 0.408 e. The average molecular weight is 382 g/mol. The van der Waals surface area contributed by atoms with Crippen molar-refractivity contribution in [2.45, 2.75) is 77.7 Å². The standard InChI is InChI=1S/C19H31N3O5/c1-18(2,3)14(16(25)22-9-11(23)6-13(22)15(20)24)21-17(26)27-12-5-10-7-19(10,4)8-12/h10-14,23H,5-9H2,1-4H3,(H2,20,24)(H,21,26)/p+1/t10-,11?,12?,13+,14-,19-/m1/s1. The first-order valence-corrected chi connectivity index (χ1v) is 9.69. The molecule has 8 nitrogen and oxygen atoms in total. The van der Waals surface area contributed by atoms with Gasteiger partial charge in [-0.2, -0.15) is 0 Å². The van der Waals surface area contributed by atoms with Crippen LogP contribution < -0.4 is 11.1 Å². The lowest BCUT2D eigenvalue weighted by Crippen LogP contribution is -2.57. The summed E-state index contributed by atoms with van der Waals surface area (Å²) in [7, 11) is 0. The Morgan fingerprint density at radius 1 is 1.26 bits per heavy atom. The number of hydrogen-bond donors (Lipinski definition) is 2. The van der Waals surface area contributed by atoms with Gasteiger partial charge < -0.3 is 25.8 Å². The van der Waals surface area contributed by atoms with Crippen molar-refractivity contribution in [3.63, 3.8) is 0 Å². The predicted molar refractivity (Wildman–Crippen MR) is 98.8 cm³/mol. The molecule has 2 aliphatic carbocycles. The van der Waals surface area contributed by atoms with Crippen LogP contribution in [0.25, 0.3) is 0 Å². The SMILES string of the molecule is CC(C)(C)[C@H](NC(=O)OC1C[C@@H]2C[C@]2(C)C1)C(=O)N1CC([OH2+])C[C@H]1C(N)=O. The molecule has 0 aromatic heterocycles. The van der Waals surface area contributed by atoms with Crippen LogP contribution in [0.15, 0.2) is 0 Å². The normalized spacial score (nSPS) is 36.1. The highest BCUT2D eigenvalue weighted by Crippen LogP contribution is 2.63. The molecule has 0 bridgehead atoms. The number of nitrogens with zero attached hydrogens (tertiary/aromatic N) is 1. The van der Waals surface area contributed by atoms with Crippen LogP contribution in [0.1, 0.15) is 53.4 Å². The minimum atomic E-state index is -0.858. The zero-order valence-electron chi connectivity index (χ0n) is 16.6. The quantitative estimate of drug-likeness (QED) is 0.687. The zero-order valence-corrected chi connectivity index (χ0v) is 16.6. The Morgan fingerprint density at radius 3 is 2.44 bits per heavy atom. The van der Waals surface area contributed by atoms with Gasteiger partial charge in [0.25, 0.3) is 0 Å². The first-order valence-electron chi connectivity index (χ1n) is 9.69. The number of fused-ring (bicyclic) bond motifs is 1. The highest BCUT2D eigenvalue weighted by atomic mass is 16.6. The molecule has 0 aromatic rings. The Kier molecular flexibility index (Phi) is 4.91. The summed E-state index contributed by atoms with van der Waals surface area (Å²) in [5.74, 6) is -0.365. The van der Waals surface area contributed by atoms with Crippen LogP contribution in [-0.4, -0.2) is 58.8 Å². The molecule has 1 heterocycles. The van der Waals surface area contributed by atoms with Gasteiger partial charge in [0.2, 0.25) is 11.8 Å². The summed E-state index contributed by atoms with van der Waals surface area (Å²) in [5.41, 5.74) is 5.14. The topological polar surface area (TPSA) is 125 Å². The number of ether oxygens (including phenoxy) is 1. The summed E-state index contributed by atoms with van der Waals surface area (Å²) in [6.07, 6.45) is 1.93. The van der Waals surface area contributed by atoms with Gasteiger partial charge in [-0.15, -0.1) is 0 Å². The molecule has 2 unspecified atom stereocenters. The summed E-state index contributed by atoms with van der Waals surface area (Å²) in [4.78, 5) is 38.6. The van der Waals surface area contributed by atoms with Gasteiger partial charge >= 0.3 is 6.09 Å². The van der Waals surface area contributed by atoms with E-state index in [1.165, 1.54) is 11.3 Å². The molecule has 0 radical (unpaired) electrons. The lowest BCUT2D eigenvalue weighted by molar-refractivity contribution is -0.141. The van der Waals surface area contributed by atoms with E-state index in [9.17, 15) is 14.4 Å². The molecule has 2 saturated carbocycles. The molecule has 1 aliphatic heterocycles. The second-order valence-electron chi connectivity index (χ2n) is 9.81. The number of likely N-dealkylation sites (tertiary alicyclic amines) is 1. The maximum absolute atomic E-state index is 13.1. The van der Waals surface area contributed by atoms with Crippen LogP contribution in [0.2, 0.25) is 0 Å². The largest absolute Gasteiger partial charge is 0.446 e. The van der Waals surface area contributed by atoms with Crippen LogP contribution in [0.5, 0.6) is 0 Å². The van der Waals surface area contributed by atoms with E-state index in [0.717, 1.165) is 12.8 Å². The maximum Gasteiger partial charge on any atom is 0.408 e. The van der Waals surface area contributed by atoms with E-state index in [1.807, 2.05) is 20.8 Å². The fourth-order valence-corrected chi connectivity index (χ4v) is 4.60. The minimum Gasteiger partial charge on any atom is -0.446 e. The third-order valence-electron chi connectivity index (χ3n) is 6.34. The van der Waals surface area contributed by atoms with E-state index in [2.05, 4.69) is 12.2 Å². The molecule has 3 rings (SSSR count). The van der Waals surface area contributed by atoms with Gasteiger partial charge in [-0.25, -0.2) is 4.79 Å². The molecule has 1 saturated heterocycles. The van der Waals surface area contributed by atoms with Crippen LogP contribution >= 0.6 is 0 Å². The number of nitrogens with two attached hydrogens (primary N) is 1. The molecule has 8 heteroatoms. The van der Waals surface area contributed by atoms with Crippen molar-refractivity contribution in [3.8, 4) is 0 Å². The van der Waals surface area contributed by atoms with E-state index in [0.29, 0.717) is 11.3 Å². The lowest BCUT2D eigenvalue weighted by atomic mass is 9.85. The second kappa shape index (κ2) is 6.65. The Morgan fingerprint density at radius 2 is 1.93 bits per heavy atom. The first kappa shape index (κ1) is 19.9. The fourth-order valence-electron chi connectivity index (χ4n) is 4.60. The summed E-state index contributed by atoms with van der Waals surface area (Å²) in [6, 6.07) is -1.66. The molecule has 0 aromatic carbocycles. The van der Waals surface area contributed by atoms with Gasteiger partial charge in [0.15, 0.2) is 6.10 Å². The molecule has 0 spiro atoms. The maximum atomic E-state index is 13.1. The van der Waals surface area contributed by atoms with Crippen molar-refractivity contribution in [3.05, 3.63) is 0 Å². The number of amides is 3. The number of carbonyl (C=O) groups excluding carboxylic acids is 3. The monoisotopic (exact) mass is 382 g/mol. The highest BCUT2D eigenvalue weighted by molar-refractivity contribution is 5.91. The molecule has 3 amide bonds. The van der Waals surface area contributed by atoms with Gasteiger partial charge in [0.1, 0.15) is 18.2 Å². The first-order chi connectivity index (χ1) is 12.4. The van der Waals surface area contributed by atoms with Gasteiger partial charge in [0.05, 0.1) is 13.0 Å². The van der Waals surface area contributed by atoms with Crippen LogP contribution in [0, 0.1) is 16.7 Å². The molecule has 5 N–H and O–H groups in total. The number of rotatable bonds is 4. The third kappa shape index (κ3) is 4.05. The van der Waals surface area contributed by atoms with Gasteiger partial charge in [0, 0.05) is 0 Å². The Labute approximate surface area is 159 Å². The predicted octanol–water partition coefficient (Wildman–Crippen LogP) is 0.495. The van der Waals surface area contributed by atoms with Gasteiger partial charge in [-0.05, 0) is 36.0 Å². The van der Waals surface area contributed by atoms with E-state index in [-0.39, 0.29) is 25.0 Å². The number of nitrogens with one attached hydrogen (secondary N) is 1. The van der Waals surface area contributed by atoms with Crippen molar-refractivity contribution in [1.29, 1.82) is 0 Å². The zero-order chi connectivity index (χ0) is 20.1. The molecule has 3 fully saturated rings. The number of alkyl carbamates (subject to hydrolysis) is 1. The van der Waals surface area contributed by atoms with E-state index < -0.39 is 35.6 Å². The summed E-state index contributed by atoms with van der Waals surface area (Å²) in [5, 5.41) is 10.6. The molecule has 3 aliphatic rings. The molecule has 152 valence electrons. The van der Waals surface area contributed by atoms with Gasteiger partial charge in [-0.1, -0.05) is 27.7 Å². The fraction of sp³-hybridized carbons (Fsp3) is 0.842. The Balaban J connectivity index is 1.65. The number of primary amides is 1. The summed E-state index contributed by atoms with van der Waals surface area (Å²) < 4.78 is 5.56. The Hall–Kier alpha value is -1.83.